The van der Waals surface area contributed by atoms with Crippen molar-refractivity contribution in [2.75, 3.05) is 7.05 Å². The maximum atomic E-state index is 14.5. The highest BCUT2D eigenvalue weighted by Crippen LogP contribution is 2.41. The van der Waals surface area contributed by atoms with E-state index in [1.54, 1.807) is 17.6 Å². The Morgan fingerprint density at radius 2 is 1.62 bits per heavy atom. The highest BCUT2D eigenvalue weighted by molar-refractivity contribution is 5.92. The molecule has 2 aromatic heterocycles. The molecule has 7 nitrogen and oxygen atoms in total. The predicted molar refractivity (Wildman–Crippen MR) is 146 cm³/mol. The molecular formula is C29H40FN3O4. The molecule has 4 heterocycles. The van der Waals surface area contributed by atoms with Gasteiger partial charge in [0.15, 0.2) is 6.10 Å². The van der Waals surface area contributed by atoms with Gasteiger partial charge >= 0.3 is 5.97 Å². The number of carbonyl (C=O) groups excluding carboxylic acids is 1. The first-order valence-corrected chi connectivity index (χ1v) is 13.3. The first kappa shape index (κ1) is 30.1. The van der Waals surface area contributed by atoms with Crippen molar-refractivity contribution in [2.45, 2.75) is 87.0 Å². The number of halogens is 1. The molecule has 3 N–H and O–H groups in total. The maximum absolute atomic E-state index is 14.5. The second-order valence-corrected chi connectivity index (χ2v) is 7.99. The van der Waals surface area contributed by atoms with Crippen molar-refractivity contribution in [1.82, 2.24) is 9.55 Å². The SMILES string of the molecule is CC.CC.CC.CN.Cc1c(F)cc2nc3c(c4c2c1CCC4)Cn1c-3cc2c(c1=O)COC(=O)C2O. The minimum atomic E-state index is -1.48. The van der Waals surface area contributed by atoms with Crippen molar-refractivity contribution in [2.24, 2.45) is 5.73 Å². The van der Waals surface area contributed by atoms with Gasteiger partial charge in [0.2, 0.25) is 0 Å². The van der Waals surface area contributed by atoms with Crippen LogP contribution in [0.4, 0.5) is 4.39 Å². The summed E-state index contributed by atoms with van der Waals surface area (Å²) in [5, 5.41) is 11.2. The summed E-state index contributed by atoms with van der Waals surface area (Å²) in [6, 6.07) is 3.13. The minimum Gasteiger partial charge on any atom is -0.458 e. The van der Waals surface area contributed by atoms with E-state index in [1.165, 1.54) is 13.1 Å². The number of carbonyl (C=O) groups is 1. The fourth-order valence-corrected chi connectivity index (χ4v) is 5.06. The van der Waals surface area contributed by atoms with Crippen LogP contribution in [0.1, 0.15) is 87.4 Å². The number of benzene rings is 1. The van der Waals surface area contributed by atoms with E-state index in [9.17, 15) is 19.1 Å². The summed E-state index contributed by atoms with van der Waals surface area (Å²) in [6.45, 7) is 14.0. The van der Waals surface area contributed by atoms with Gasteiger partial charge in [-0.05, 0) is 56.0 Å². The molecule has 0 saturated heterocycles. The Bertz CT molecular complexity index is 1350. The molecule has 1 aromatic carbocycles. The van der Waals surface area contributed by atoms with Gasteiger partial charge in [-0.2, -0.15) is 0 Å². The van der Waals surface area contributed by atoms with Crippen molar-refractivity contribution in [3.05, 3.63) is 61.7 Å². The summed E-state index contributed by atoms with van der Waals surface area (Å²) in [7, 11) is 1.50. The van der Waals surface area contributed by atoms with Gasteiger partial charge in [0.25, 0.3) is 5.56 Å². The number of aromatic nitrogens is 2. The number of pyridine rings is 2. The number of nitrogens with two attached hydrogens (primary N) is 1. The van der Waals surface area contributed by atoms with Gasteiger partial charge in [0.1, 0.15) is 12.4 Å². The number of rotatable bonds is 0. The monoisotopic (exact) mass is 513 g/mol. The molecule has 0 spiro atoms. The van der Waals surface area contributed by atoms with E-state index in [4.69, 9.17) is 9.72 Å². The normalized spacial score (nSPS) is 15.5. The van der Waals surface area contributed by atoms with Crippen molar-refractivity contribution < 1.29 is 19.0 Å². The highest BCUT2D eigenvalue weighted by Gasteiger charge is 2.35. The predicted octanol–water partition coefficient (Wildman–Crippen LogP) is 5.11. The van der Waals surface area contributed by atoms with Crippen LogP contribution in [-0.4, -0.2) is 27.7 Å². The number of fused-ring (bicyclic) bond motifs is 5. The first-order chi connectivity index (χ1) is 18.0. The lowest BCUT2D eigenvalue weighted by Gasteiger charge is -2.22. The fraction of sp³-hybridized carbons (Fsp3) is 0.483. The number of ether oxygens (including phenoxy) is 1. The third kappa shape index (κ3) is 4.92. The third-order valence-corrected chi connectivity index (χ3v) is 6.54. The van der Waals surface area contributed by atoms with Crippen LogP contribution in [0.3, 0.4) is 0 Å². The fourth-order valence-electron chi connectivity index (χ4n) is 5.06. The Morgan fingerprint density at radius 3 is 2.27 bits per heavy atom. The molecule has 3 aliphatic rings. The first-order valence-electron chi connectivity index (χ1n) is 13.3. The van der Waals surface area contributed by atoms with Crippen LogP contribution in [0, 0.1) is 12.7 Å². The Morgan fingerprint density at radius 1 is 1.00 bits per heavy atom. The minimum absolute atomic E-state index is 0.141. The zero-order valence-electron chi connectivity index (χ0n) is 23.3. The van der Waals surface area contributed by atoms with E-state index >= 15 is 0 Å². The van der Waals surface area contributed by atoms with Crippen LogP contribution in [0.15, 0.2) is 16.9 Å². The summed E-state index contributed by atoms with van der Waals surface area (Å²) in [5.74, 6) is -1.03. The standard InChI is InChI=1S/C22H17FN2O4.3C2H6.CH5N/c1-9-10-3-2-4-11-13-7-25-17(19(13)24-16(18(10)11)6-15(9)23)5-12-14(21(25)27)8-29-22(28)20(12)26;4*1-2/h5-6,20,26H,2-4,7-8H2,1H3;3*1-2H3;2H2,1H3. The summed E-state index contributed by atoms with van der Waals surface area (Å²) < 4.78 is 21.1. The quantitative estimate of drug-likeness (QED) is 0.317. The van der Waals surface area contributed by atoms with Gasteiger partial charge in [-0.3, -0.25) is 4.79 Å². The van der Waals surface area contributed by atoms with Crippen LogP contribution in [0.2, 0.25) is 0 Å². The number of aliphatic hydroxyl groups is 1. The second-order valence-electron chi connectivity index (χ2n) is 7.99. The Kier molecular flexibility index (Phi) is 10.5. The van der Waals surface area contributed by atoms with Crippen LogP contribution in [0.25, 0.3) is 22.3 Å². The Balaban J connectivity index is 0.000000553. The average Bonchev–Trinajstić information content (AvgIpc) is 3.33. The summed E-state index contributed by atoms with van der Waals surface area (Å²) in [5.41, 5.74) is 10.4. The van der Waals surface area contributed by atoms with Gasteiger partial charge in [0, 0.05) is 22.6 Å². The van der Waals surface area contributed by atoms with Crippen LogP contribution in [-0.2, 0) is 35.5 Å². The largest absolute Gasteiger partial charge is 0.458 e. The average molecular weight is 514 g/mol. The van der Waals surface area contributed by atoms with Gasteiger partial charge in [-0.25, -0.2) is 14.2 Å². The zero-order chi connectivity index (χ0) is 28.0. The number of cyclic esters (lactones) is 1. The highest BCUT2D eigenvalue weighted by atomic mass is 19.1. The number of esters is 1. The molecule has 1 atom stereocenters. The van der Waals surface area contributed by atoms with Crippen molar-refractivity contribution in [3.63, 3.8) is 0 Å². The molecule has 0 amide bonds. The van der Waals surface area contributed by atoms with E-state index in [1.807, 2.05) is 41.5 Å². The molecule has 3 aromatic rings. The van der Waals surface area contributed by atoms with Gasteiger partial charge in [-0.1, -0.05) is 41.5 Å². The number of nitrogens with zero attached hydrogens (tertiary/aromatic N) is 2. The summed E-state index contributed by atoms with van der Waals surface area (Å²) in [6.07, 6.45) is 1.12. The smallest absolute Gasteiger partial charge is 0.340 e. The molecule has 0 radical (unpaired) electrons. The van der Waals surface area contributed by atoms with E-state index in [0.717, 1.165) is 41.3 Å². The van der Waals surface area contributed by atoms with Gasteiger partial charge < -0.3 is 20.1 Å². The number of aryl methyl sites for hydroxylation is 2. The Hall–Kier alpha value is -3.10. The zero-order valence-corrected chi connectivity index (χ0v) is 23.3. The summed E-state index contributed by atoms with van der Waals surface area (Å²) >= 11 is 0. The van der Waals surface area contributed by atoms with Crippen LogP contribution in [0.5, 0.6) is 0 Å². The third-order valence-electron chi connectivity index (χ3n) is 6.54. The molecule has 37 heavy (non-hydrogen) atoms. The molecule has 6 rings (SSSR count). The van der Waals surface area contributed by atoms with Crippen molar-refractivity contribution >= 4 is 16.9 Å². The van der Waals surface area contributed by atoms with Gasteiger partial charge in [-0.15, -0.1) is 0 Å². The topological polar surface area (TPSA) is 107 Å². The van der Waals surface area contributed by atoms with E-state index < -0.39 is 12.1 Å². The number of hydrogen-bond donors (Lipinski definition) is 2. The molecule has 1 aliphatic carbocycles. The molecule has 0 bridgehead atoms. The lowest BCUT2D eigenvalue weighted by atomic mass is 9.85. The molecule has 2 aliphatic heterocycles. The van der Waals surface area contributed by atoms with Crippen LogP contribution < -0.4 is 11.3 Å². The van der Waals surface area contributed by atoms with E-state index in [-0.39, 0.29) is 23.5 Å². The molecule has 202 valence electrons. The summed E-state index contributed by atoms with van der Waals surface area (Å²) in [4.78, 5) is 29.6. The molecule has 0 saturated carbocycles. The molecule has 1 unspecified atom stereocenters. The maximum Gasteiger partial charge on any atom is 0.340 e. The Labute approximate surface area is 218 Å². The number of aliphatic hydroxyl groups excluding tert-OH is 1. The lowest BCUT2D eigenvalue weighted by Crippen LogP contribution is -2.32. The molecule has 8 heteroatoms. The lowest BCUT2D eigenvalue weighted by molar-refractivity contribution is -0.157. The number of hydrogen-bond acceptors (Lipinski definition) is 6. The van der Waals surface area contributed by atoms with Crippen LogP contribution >= 0.6 is 0 Å². The van der Waals surface area contributed by atoms with Crippen molar-refractivity contribution in [3.8, 4) is 11.4 Å². The molecular weight excluding hydrogens is 473 g/mol. The molecule has 0 fully saturated rings. The van der Waals surface area contributed by atoms with E-state index in [2.05, 4.69) is 5.73 Å². The van der Waals surface area contributed by atoms with Crippen molar-refractivity contribution in [1.29, 1.82) is 0 Å². The van der Waals surface area contributed by atoms with E-state index in [0.29, 0.717) is 34.6 Å². The second kappa shape index (κ2) is 12.9. The van der Waals surface area contributed by atoms with Gasteiger partial charge in [0.05, 0.1) is 29.0 Å².